The molecule has 8 nitrogen and oxygen atoms in total. The number of carbonyl (C=O) groups excluding carboxylic acids is 2. The normalized spacial score (nSPS) is 15.5. The van der Waals surface area contributed by atoms with Gasteiger partial charge < -0.3 is 14.8 Å². The zero-order valence-electron chi connectivity index (χ0n) is 19.2. The molecular weight excluding hydrogens is 444 g/mol. The smallest absolute Gasteiger partial charge is 0.265 e. The van der Waals surface area contributed by atoms with Crippen molar-refractivity contribution in [2.75, 3.05) is 25.0 Å². The zero-order valence-corrected chi connectivity index (χ0v) is 20.0. The van der Waals surface area contributed by atoms with Gasteiger partial charge in [0.2, 0.25) is 10.0 Å². The molecule has 1 aliphatic heterocycles. The van der Waals surface area contributed by atoms with Crippen molar-refractivity contribution in [3.63, 3.8) is 0 Å². The number of hydrogen-bond acceptors (Lipinski definition) is 6. The summed E-state index contributed by atoms with van der Waals surface area (Å²) in [6.07, 6.45) is 1.81. The fourth-order valence-corrected chi connectivity index (χ4v) is 5.25. The molecule has 2 aromatic carbocycles. The molecule has 1 saturated heterocycles. The monoisotopic (exact) mass is 474 g/mol. The predicted molar refractivity (Wildman–Crippen MR) is 125 cm³/mol. The molecule has 0 radical (unpaired) electrons. The van der Waals surface area contributed by atoms with E-state index < -0.39 is 22.0 Å². The van der Waals surface area contributed by atoms with E-state index >= 15 is 0 Å². The molecule has 9 heteroatoms. The largest absolute Gasteiger partial charge is 0.492 e. The van der Waals surface area contributed by atoms with Crippen LogP contribution in [0.4, 0.5) is 5.69 Å². The molecule has 178 valence electrons. The molecule has 3 rings (SSSR count). The topological polar surface area (TPSA) is 102 Å². The summed E-state index contributed by atoms with van der Waals surface area (Å²) in [7, 11) is -3.75. The Kier molecular flexibility index (Phi) is 8.10. The minimum absolute atomic E-state index is 0.0393. The van der Waals surface area contributed by atoms with E-state index in [1.165, 1.54) is 17.3 Å². The average molecular weight is 475 g/mol. The number of Topliss-reactive ketones (excluding diaryl/α,β-unsaturated/α-hetero) is 1. The molecule has 1 aliphatic rings. The highest BCUT2D eigenvalue weighted by molar-refractivity contribution is 7.89. The van der Waals surface area contributed by atoms with Crippen LogP contribution in [0.3, 0.4) is 0 Å². The second-order valence-electron chi connectivity index (χ2n) is 7.89. The number of nitrogens with zero attached hydrogens (tertiary/aromatic N) is 1. The van der Waals surface area contributed by atoms with Crippen LogP contribution < -0.4 is 14.8 Å². The van der Waals surface area contributed by atoms with Gasteiger partial charge in [-0.25, -0.2) is 8.42 Å². The summed E-state index contributed by atoms with van der Waals surface area (Å²) in [6, 6.07) is 11.1. The number of ketones is 1. The van der Waals surface area contributed by atoms with E-state index in [0.29, 0.717) is 36.7 Å². The summed E-state index contributed by atoms with van der Waals surface area (Å²) in [4.78, 5) is 24.1. The van der Waals surface area contributed by atoms with Gasteiger partial charge in [-0.3, -0.25) is 9.59 Å². The molecule has 1 N–H and O–H groups in total. The molecule has 0 saturated carbocycles. The molecule has 0 aliphatic carbocycles. The number of ether oxygens (including phenoxy) is 2. The van der Waals surface area contributed by atoms with Crippen LogP contribution in [0, 0.1) is 0 Å². The Morgan fingerprint density at radius 1 is 1.06 bits per heavy atom. The van der Waals surface area contributed by atoms with Crippen LogP contribution in [0.1, 0.15) is 50.4 Å². The van der Waals surface area contributed by atoms with E-state index in [2.05, 4.69) is 5.32 Å². The van der Waals surface area contributed by atoms with E-state index in [1.807, 2.05) is 0 Å². The minimum Gasteiger partial charge on any atom is -0.492 e. The predicted octanol–water partition coefficient (Wildman–Crippen LogP) is 3.87. The van der Waals surface area contributed by atoms with Crippen molar-refractivity contribution in [2.24, 2.45) is 0 Å². The summed E-state index contributed by atoms with van der Waals surface area (Å²) in [5, 5.41) is 2.72. The van der Waals surface area contributed by atoms with Crippen LogP contribution in [-0.2, 0) is 14.8 Å². The fraction of sp³-hybridized carbons (Fsp3) is 0.417. The molecule has 2 aromatic rings. The van der Waals surface area contributed by atoms with Crippen molar-refractivity contribution in [2.45, 2.75) is 51.0 Å². The van der Waals surface area contributed by atoms with Gasteiger partial charge in [0.1, 0.15) is 16.4 Å². The molecule has 33 heavy (non-hydrogen) atoms. The maximum atomic E-state index is 13.3. The second-order valence-corrected chi connectivity index (χ2v) is 9.80. The van der Waals surface area contributed by atoms with Gasteiger partial charge in [0.05, 0.1) is 6.61 Å². The summed E-state index contributed by atoms with van der Waals surface area (Å²) < 4.78 is 39.2. The van der Waals surface area contributed by atoms with Crippen molar-refractivity contribution >= 4 is 27.4 Å². The number of hydrogen-bond donors (Lipinski definition) is 1. The molecule has 1 unspecified atom stereocenters. The third-order valence-electron chi connectivity index (χ3n) is 5.39. The molecule has 0 bridgehead atoms. The van der Waals surface area contributed by atoms with Gasteiger partial charge in [-0.15, -0.1) is 0 Å². The highest BCUT2D eigenvalue weighted by Gasteiger charge is 2.29. The lowest BCUT2D eigenvalue weighted by Crippen LogP contribution is -2.36. The summed E-state index contributed by atoms with van der Waals surface area (Å²) in [5.41, 5.74) is 0.887. The van der Waals surface area contributed by atoms with Crippen LogP contribution in [0.2, 0.25) is 0 Å². The molecule has 1 fully saturated rings. The molecular formula is C24H30N2O6S. The Hall–Kier alpha value is -2.91. The van der Waals surface area contributed by atoms with E-state index in [4.69, 9.17) is 9.47 Å². The van der Waals surface area contributed by atoms with Gasteiger partial charge >= 0.3 is 0 Å². The number of amides is 1. The number of nitrogens with one attached hydrogen (secondary N) is 1. The van der Waals surface area contributed by atoms with Crippen molar-refractivity contribution in [1.82, 2.24) is 4.31 Å². The molecule has 1 amide bonds. The van der Waals surface area contributed by atoms with Gasteiger partial charge in [0.25, 0.3) is 5.91 Å². The standard InChI is InChI=1S/C24H30N2O6S/c1-4-31-22-13-10-20(16-23(22)33(29,30)26-14-6-5-7-15-26)25-24(28)18(3)32-21-11-8-19(9-12-21)17(2)27/h8-13,16,18H,4-7,14-15H2,1-3H3,(H,25,28). The van der Waals surface area contributed by atoms with E-state index in [-0.39, 0.29) is 16.4 Å². The van der Waals surface area contributed by atoms with Gasteiger partial charge in [-0.2, -0.15) is 4.31 Å². The highest BCUT2D eigenvalue weighted by atomic mass is 32.2. The Labute approximate surface area is 194 Å². The Balaban J connectivity index is 1.76. The first kappa shape index (κ1) is 24.7. The van der Waals surface area contributed by atoms with Crippen LogP contribution in [0.15, 0.2) is 47.4 Å². The number of piperidine rings is 1. The summed E-state index contributed by atoms with van der Waals surface area (Å²) in [6.45, 7) is 6.11. The lowest BCUT2D eigenvalue weighted by Gasteiger charge is -2.27. The minimum atomic E-state index is -3.75. The van der Waals surface area contributed by atoms with E-state index in [1.54, 1.807) is 50.2 Å². The van der Waals surface area contributed by atoms with E-state index in [9.17, 15) is 18.0 Å². The fourth-order valence-electron chi connectivity index (χ4n) is 3.58. The van der Waals surface area contributed by atoms with Gasteiger partial charge in [0, 0.05) is 24.3 Å². The van der Waals surface area contributed by atoms with Crippen molar-refractivity contribution < 1.29 is 27.5 Å². The first-order chi connectivity index (χ1) is 15.7. The van der Waals surface area contributed by atoms with Gasteiger partial charge in [0.15, 0.2) is 11.9 Å². The first-order valence-electron chi connectivity index (χ1n) is 11.1. The van der Waals surface area contributed by atoms with Gasteiger partial charge in [-0.05, 0) is 76.1 Å². The van der Waals surface area contributed by atoms with Crippen LogP contribution in [0.5, 0.6) is 11.5 Å². The van der Waals surface area contributed by atoms with Crippen LogP contribution >= 0.6 is 0 Å². The third-order valence-corrected chi connectivity index (χ3v) is 7.31. The van der Waals surface area contributed by atoms with Gasteiger partial charge in [-0.1, -0.05) is 6.42 Å². The zero-order chi connectivity index (χ0) is 24.0. The SMILES string of the molecule is CCOc1ccc(NC(=O)C(C)Oc2ccc(C(C)=O)cc2)cc1S(=O)(=O)N1CCCCC1. The summed E-state index contributed by atoms with van der Waals surface area (Å²) >= 11 is 0. The Morgan fingerprint density at radius 2 is 1.73 bits per heavy atom. The lowest BCUT2D eigenvalue weighted by molar-refractivity contribution is -0.122. The number of anilines is 1. The molecule has 0 aromatic heterocycles. The van der Waals surface area contributed by atoms with E-state index in [0.717, 1.165) is 19.3 Å². The van der Waals surface area contributed by atoms with Crippen molar-refractivity contribution in [3.8, 4) is 11.5 Å². The molecule has 1 atom stereocenters. The van der Waals surface area contributed by atoms with Crippen molar-refractivity contribution in [1.29, 1.82) is 0 Å². The Morgan fingerprint density at radius 3 is 2.33 bits per heavy atom. The maximum Gasteiger partial charge on any atom is 0.265 e. The maximum absolute atomic E-state index is 13.3. The summed E-state index contributed by atoms with van der Waals surface area (Å²) in [5.74, 6) is 0.216. The number of sulfonamides is 1. The lowest BCUT2D eigenvalue weighted by atomic mass is 10.1. The second kappa shape index (κ2) is 10.8. The number of rotatable bonds is 9. The average Bonchev–Trinajstić information content (AvgIpc) is 2.81. The number of benzene rings is 2. The third kappa shape index (κ3) is 6.11. The number of carbonyl (C=O) groups is 2. The van der Waals surface area contributed by atoms with Crippen LogP contribution in [-0.4, -0.2) is 50.2 Å². The molecule has 0 spiro atoms. The first-order valence-corrected chi connectivity index (χ1v) is 12.5. The quantitative estimate of drug-likeness (QED) is 0.554. The molecule has 1 heterocycles. The van der Waals surface area contributed by atoms with Crippen molar-refractivity contribution in [3.05, 3.63) is 48.0 Å². The van der Waals surface area contributed by atoms with Crippen LogP contribution in [0.25, 0.3) is 0 Å². The highest BCUT2D eigenvalue weighted by Crippen LogP contribution is 2.31. The Bertz CT molecular complexity index is 1090.